The molecular formula is C18H22N4O3. The SMILES string of the molecule is Cc1cc(C)n(C[C@H](C)CNC(=O)c2ccc3c(c2)OCC(=O)N3)n1. The van der Waals surface area contributed by atoms with Crippen molar-refractivity contribution < 1.29 is 14.3 Å². The molecule has 7 nitrogen and oxygen atoms in total. The molecule has 0 fully saturated rings. The molecule has 2 N–H and O–H groups in total. The second-order valence-electron chi connectivity index (χ2n) is 6.47. The molecule has 1 aromatic carbocycles. The topological polar surface area (TPSA) is 85.2 Å². The smallest absolute Gasteiger partial charge is 0.262 e. The number of aromatic nitrogens is 2. The van der Waals surface area contributed by atoms with Crippen molar-refractivity contribution in [3.8, 4) is 5.75 Å². The molecule has 0 radical (unpaired) electrons. The van der Waals surface area contributed by atoms with Crippen LogP contribution in [0.2, 0.25) is 0 Å². The number of amides is 2. The standard InChI is InChI=1S/C18H22N4O3/c1-11(9-22-13(3)6-12(2)21-22)8-19-18(24)14-4-5-15-16(7-14)25-10-17(23)20-15/h4-7,11H,8-10H2,1-3H3,(H,19,24)(H,20,23)/t11-/m1/s1. The summed E-state index contributed by atoms with van der Waals surface area (Å²) >= 11 is 0. The van der Waals surface area contributed by atoms with Crippen LogP contribution in [-0.2, 0) is 11.3 Å². The van der Waals surface area contributed by atoms with E-state index in [2.05, 4.69) is 22.7 Å². The summed E-state index contributed by atoms with van der Waals surface area (Å²) in [5.41, 5.74) is 3.21. The van der Waals surface area contributed by atoms with Gasteiger partial charge in [-0.25, -0.2) is 0 Å². The number of hydrogen-bond donors (Lipinski definition) is 2. The van der Waals surface area contributed by atoms with Gasteiger partial charge in [0.1, 0.15) is 5.75 Å². The van der Waals surface area contributed by atoms with Gasteiger partial charge < -0.3 is 15.4 Å². The van der Waals surface area contributed by atoms with Gasteiger partial charge in [-0.3, -0.25) is 14.3 Å². The van der Waals surface area contributed by atoms with Crippen LogP contribution in [0.15, 0.2) is 24.3 Å². The summed E-state index contributed by atoms with van der Waals surface area (Å²) in [7, 11) is 0. The number of hydrogen-bond acceptors (Lipinski definition) is 4. The van der Waals surface area contributed by atoms with E-state index >= 15 is 0 Å². The number of benzene rings is 1. The molecule has 1 aliphatic heterocycles. The fourth-order valence-corrected chi connectivity index (χ4v) is 2.80. The Labute approximate surface area is 146 Å². The van der Waals surface area contributed by atoms with Gasteiger partial charge in [0.25, 0.3) is 11.8 Å². The summed E-state index contributed by atoms with van der Waals surface area (Å²) in [6.45, 7) is 7.33. The number of carbonyl (C=O) groups excluding carboxylic acids is 2. The van der Waals surface area contributed by atoms with Gasteiger partial charge in [0.05, 0.1) is 11.4 Å². The average molecular weight is 342 g/mol. The number of ether oxygens (including phenoxy) is 1. The van der Waals surface area contributed by atoms with E-state index in [0.717, 1.165) is 17.9 Å². The third-order valence-electron chi connectivity index (χ3n) is 4.08. The van der Waals surface area contributed by atoms with E-state index in [1.54, 1.807) is 18.2 Å². The lowest BCUT2D eigenvalue weighted by Gasteiger charge is -2.18. The Hall–Kier alpha value is -2.83. The van der Waals surface area contributed by atoms with Crippen molar-refractivity contribution in [2.75, 3.05) is 18.5 Å². The molecule has 0 aliphatic carbocycles. The highest BCUT2D eigenvalue weighted by molar-refractivity contribution is 5.98. The van der Waals surface area contributed by atoms with Gasteiger partial charge >= 0.3 is 0 Å². The van der Waals surface area contributed by atoms with Crippen molar-refractivity contribution in [2.45, 2.75) is 27.3 Å². The molecule has 2 aromatic rings. The molecule has 25 heavy (non-hydrogen) atoms. The third-order valence-corrected chi connectivity index (χ3v) is 4.08. The number of anilines is 1. The quantitative estimate of drug-likeness (QED) is 0.869. The van der Waals surface area contributed by atoms with Crippen LogP contribution in [0.25, 0.3) is 0 Å². The summed E-state index contributed by atoms with van der Waals surface area (Å²) in [6.07, 6.45) is 0. The van der Waals surface area contributed by atoms with Crippen LogP contribution in [0, 0.1) is 19.8 Å². The van der Waals surface area contributed by atoms with E-state index < -0.39 is 0 Å². The van der Waals surface area contributed by atoms with E-state index in [1.165, 1.54) is 0 Å². The molecule has 132 valence electrons. The maximum absolute atomic E-state index is 12.3. The van der Waals surface area contributed by atoms with Crippen LogP contribution in [0.5, 0.6) is 5.75 Å². The Morgan fingerprint density at radius 3 is 2.92 bits per heavy atom. The number of nitrogens with one attached hydrogen (secondary N) is 2. The van der Waals surface area contributed by atoms with Crippen LogP contribution >= 0.6 is 0 Å². The van der Waals surface area contributed by atoms with Gasteiger partial charge in [0.15, 0.2) is 6.61 Å². The maximum Gasteiger partial charge on any atom is 0.262 e. The van der Waals surface area contributed by atoms with Crippen LogP contribution in [0.4, 0.5) is 5.69 Å². The zero-order valence-corrected chi connectivity index (χ0v) is 14.6. The fourth-order valence-electron chi connectivity index (χ4n) is 2.80. The first-order valence-electron chi connectivity index (χ1n) is 8.28. The first kappa shape index (κ1) is 17.0. The second kappa shape index (κ2) is 6.96. The molecule has 3 rings (SSSR count). The molecule has 0 bridgehead atoms. The minimum Gasteiger partial charge on any atom is -0.482 e. The average Bonchev–Trinajstić information content (AvgIpc) is 2.89. The zero-order valence-electron chi connectivity index (χ0n) is 14.6. The van der Waals surface area contributed by atoms with Gasteiger partial charge in [-0.1, -0.05) is 6.92 Å². The Kier molecular flexibility index (Phi) is 4.74. The summed E-state index contributed by atoms with van der Waals surface area (Å²) in [6, 6.07) is 7.04. The predicted molar refractivity (Wildman–Crippen MR) is 93.8 cm³/mol. The monoisotopic (exact) mass is 342 g/mol. The maximum atomic E-state index is 12.3. The minimum atomic E-state index is -0.192. The first-order valence-corrected chi connectivity index (χ1v) is 8.28. The Morgan fingerprint density at radius 2 is 2.20 bits per heavy atom. The molecule has 0 saturated heterocycles. The fraction of sp³-hybridized carbons (Fsp3) is 0.389. The third kappa shape index (κ3) is 3.99. The predicted octanol–water partition coefficient (Wildman–Crippen LogP) is 1.90. The van der Waals surface area contributed by atoms with Crippen LogP contribution in [0.1, 0.15) is 28.7 Å². The van der Waals surface area contributed by atoms with Crippen molar-refractivity contribution in [3.05, 3.63) is 41.2 Å². The number of fused-ring (bicyclic) bond motifs is 1. The number of nitrogens with zero attached hydrogens (tertiary/aromatic N) is 2. The first-order chi connectivity index (χ1) is 11.9. The molecule has 1 aromatic heterocycles. The van der Waals surface area contributed by atoms with Crippen LogP contribution in [0.3, 0.4) is 0 Å². The lowest BCUT2D eigenvalue weighted by molar-refractivity contribution is -0.118. The number of rotatable bonds is 5. The second-order valence-corrected chi connectivity index (χ2v) is 6.47. The highest BCUT2D eigenvalue weighted by Gasteiger charge is 2.18. The molecule has 2 amide bonds. The number of carbonyl (C=O) groups is 2. The lowest BCUT2D eigenvalue weighted by Crippen LogP contribution is -2.31. The summed E-state index contributed by atoms with van der Waals surface area (Å²) in [5.74, 6) is 0.407. The molecule has 0 saturated carbocycles. The van der Waals surface area contributed by atoms with Gasteiger partial charge in [0, 0.05) is 24.3 Å². The zero-order chi connectivity index (χ0) is 18.0. The van der Waals surface area contributed by atoms with Crippen LogP contribution < -0.4 is 15.4 Å². The normalized spacial score (nSPS) is 14.3. The van der Waals surface area contributed by atoms with Gasteiger partial charge in [-0.2, -0.15) is 5.10 Å². The molecule has 0 spiro atoms. The van der Waals surface area contributed by atoms with Crippen molar-refractivity contribution in [1.29, 1.82) is 0 Å². The minimum absolute atomic E-state index is 0.0300. The van der Waals surface area contributed by atoms with Crippen LogP contribution in [-0.4, -0.2) is 34.7 Å². The van der Waals surface area contributed by atoms with E-state index in [-0.39, 0.29) is 24.3 Å². The number of aryl methyl sites for hydroxylation is 2. The summed E-state index contributed by atoms with van der Waals surface area (Å²) in [5, 5.41) is 10.1. The van der Waals surface area contributed by atoms with Crippen molar-refractivity contribution in [1.82, 2.24) is 15.1 Å². The van der Waals surface area contributed by atoms with E-state index in [4.69, 9.17) is 4.74 Å². The van der Waals surface area contributed by atoms with E-state index in [1.807, 2.05) is 24.6 Å². The van der Waals surface area contributed by atoms with Gasteiger partial charge in [0.2, 0.25) is 0 Å². The summed E-state index contributed by atoms with van der Waals surface area (Å²) < 4.78 is 7.30. The largest absolute Gasteiger partial charge is 0.482 e. The molecule has 2 heterocycles. The lowest BCUT2D eigenvalue weighted by atomic mass is 10.1. The van der Waals surface area contributed by atoms with Gasteiger partial charge in [-0.05, 0) is 44.0 Å². The van der Waals surface area contributed by atoms with E-state index in [9.17, 15) is 9.59 Å². The molecule has 7 heteroatoms. The van der Waals surface area contributed by atoms with Crippen molar-refractivity contribution in [2.24, 2.45) is 5.92 Å². The van der Waals surface area contributed by atoms with Gasteiger partial charge in [-0.15, -0.1) is 0 Å². The molecule has 1 atom stereocenters. The molecule has 0 unspecified atom stereocenters. The Bertz CT molecular complexity index is 813. The Balaban J connectivity index is 1.57. The van der Waals surface area contributed by atoms with Crippen molar-refractivity contribution >= 4 is 17.5 Å². The highest BCUT2D eigenvalue weighted by atomic mass is 16.5. The Morgan fingerprint density at radius 1 is 1.40 bits per heavy atom. The summed E-state index contributed by atoms with van der Waals surface area (Å²) in [4.78, 5) is 23.6. The molecule has 1 aliphatic rings. The van der Waals surface area contributed by atoms with E-state index in [0.29, 0.717) is 23.5 Å². The highest BCUT2D eigenvalue weighted by Crippen LogP contribution is 2.28. The molecular weight excluding hydrogens is 320 g/mol. The van der Waals surface area contributed by atoms with Crippen molar-refractivity contribution in [3.63, 3.8) is 0 Å².